The summed E-state index contributed by atoms with van der Waals surface area (Å²) >= 11 is 0. The minimum absolute atomic E-state index is 0.0548. The van der Waals surface area contributed by atoms with Crippen molar-refractivity contribution in [3.8, 4) is 0 Å². The summed E-state index contributed by atoms with van der Waals surface area (Å²) in [6, 6.07) is 15.6. The van der Waals surface area contributed by atoms with Gasteiger partial charge in [-0.2, -0.15) is 0 Å². The van der Waals surface area contributed by atoms with Gasteiger partial charge in [0.15, 0.2) is 0 Å². The van der Waals surface area contributed by atoms with Crippen molar-refractivity contribution in [1.29, 1.82) is 0 Å². The SMILES string of the molecule is CCc1cccc(CNC[C@H](O)[C@H](Cc2cc(F)cc(F)c2)NC(=O)c2ccc3[nH]cnc3c2)c1. The van der Waals surface area contributed by atoms with Crippen molar-refractivity contribution in [2.45, 2.75) is 38.5 Å². The largest absolute Gasteiger partial charge is 0.390 e. The zero-order valence-corrected chi connectivity index (χ0v) is 19.4. The molecule has 0 aliphatic heterocycles. The Balaban J connectivity index is 1.47. The highest BCUT2D eigenvalue weighted by Gasteiger charge is 2.23. The van der Waals surface area contributed by atoms with E-state index >= 15 is 0 Å². The Morgan fingerprint density at radius 2 is 1.80 bits per heavy atom. The monoisotopic (exact) mass is 478 g/mol. The van der Waals surface area contributed by atoms with E-state index in [1.807, 2.05) is 12.1 Å². The zero-order chi connectivity index (χ0) is 24.8. The van der Waals surface area contributed by atoms with Crippen molar-refractivity contribution in [1.82, 2.24) is 20.6 Å². The number of hydrogen-bond donors (Lipinski definition) is 4. The van der Waals surface area contributed by atoms with Crippen LogP contribution < -0.4 is 10.6 Å². The number of carbonyl (C=O) groups is 1. The molecule has 8 heteroatoms. The van der Waals surface area contributed by atoms with Gasteiger partial charge in [-0.25, -0.2) is 13.8 Å². The third kappa shape index (κ3) is 6.49. The first kappa shape index (κ1) is 24.5. The van der Waals surface area contributed by atoms with Gasteiger partial charge >= 0.3 is 0 Å². The molecule has 6 nitrogen and oxygen atoms in total. The molecule has 35 heavy (non-hydrogen) atoms. The molecule has 2 atom stereocenters. The van der Waals surface area contributed by atoms with Crippen LogP contribution in [0.4, 0.5) is 8.78 Å². The molecule has 4 rings (SSSR count). The van der Waals surface area contributed by atoms with Crippen molar-refractivity contribution in [3.05, 3.63) is 101 Å². The fraction of sp³-hybridized carbons (Fsp3) is 0.259. The van der Waals surface area contributed by atoms with E-state index in [0.717, 1.165) is 23.6 Å². The van der Waals surface area contributed by atoms with E-state index in [2.05, 4.69) is 39.7 Å². The minimum Gasteiger partial charge on any atom is -0.390 e. The predicted molar refractivity (Wildman–Crippen MR) is 131 cm³/mol. The third-order valence-electron chi connectivity index (χ3n) is 5.92. The second-order valence-electron chi connectivity index (χ2n) is 8.57. The van der Waals surface area contributed by atoms with Gasteiger partial charge in [0.05, 0.1) is 29.5 Å². The number of aliphatic hydroxyl groups is 1. The second-order valence-corrected chi connectivity index (χ2v) is 8.57. The van der Waals surface area contributed by atoms with Crippen LogP contribution in [0.25, 0.3) is 11.0 Å². The molecule has 3 aromatic carbocycles. The van der Waals surface area contributed by atoms with Crippen molar-refractivity contribution >= 4 is 16.9 Å². The highest BCUT2D eigenvalue weighted by atomic mass is 19.1. The first-order valence-electron chi connectivity index (χ1n) is 11.6. The summed E-state index contributed by atoms with van der Waals surface area (Å²) in [6.45, 7) is 2.80. The number of aliphatic hydroxyl groups excluding tert-OH is 1. The number of nitrogens with one attached hydrogen (secondary N) is 3. The number of aromatic nitrogens is 2. The number of carbonyl (C=O) groups excluding carboxylic acids is 1. The quantitative estimate of drug-likeness (QED) is 0.278. The van der Waals surface area contributed by atoms with Gasteiger partial charge < -0.3 is 20.7 Å². The molecule has 0 saturated carbocycles. The molecular formula is C27H28F2N4O2. The molecule has 0 spiro atoms. The Bertz CT molecular complexity index is 1290. The van der Waals surface area contributed by atoms with E-state index in [1.165, 1.54) is 17.7 Å². The van der Waals surface area contributed by atoms with Crippen molar-refractivity contribution in [3.63, 3.8) is 0 Å². The fourth-order valence-electron chi connectivity index (χ4n) is 4.06. The molecule has 0 unspecified atom stereocenters. The summed E-state index contributed by atoms with van der Waals surface area (Å²) in [5.41, 5.74) is 4.44. The Hall–Kier alpha value is -3.62. The number of halogens is 2. The molecule has 0 radical (unpaired) electrons. The van der Waals surface area contributed by atoms with Crippen LogP contribution in [0.15, 0.2) is 67.0 Å². The third-order valence-corrected chi connectivity index (χ3v) is 5.92. The lowest BCUT2D eigenvalue weighted by Gasteiger charge is -2.25. The van der Waals surface area contributed by atoms with E-state index in [0.29, 0.717) is 23.2 Å². The summed E-state index contributed by atoms with van der Waals surface area (Å²) in [5.74, 6) is -1.83. The van der Waals surface area contributed by atoms with Crippen molar-refractivity contribution < 1.29 is 18.7 Å². The highest BCUT2D eigenvalue weighted by Crippen LogP contribution is 2.15. The molecule has 0 aliphatic carbocycles. The van der Waals surface area contributed by atoms with Gasteiger partial charge in [-0.05, 0) is 59.9 Å². The van der Waals surface area contributed by atoms with E-state index < -0.39 is 29.7 Å². The van der Waals surface area contributed by atoms with Crippen LogP contribution in [0.1, 0.15) is 34.0 Å². The topological polar surface area (TPSA) is 90.0 Å². The van der Waals surface area contributed by atoms with Gasteiger partial charge in [0, 0.05) is 24.7 Å². The molecule has 1 amide bonds. The molecule has 1 heterocycles. The van der Waals surface area contributed by atoms with E-state index in [-0.39, 0.29) is 13.0 Å². The number of aromatic amines is 1. The fourth-order valence-corrected chi connectivity index (χ4v) is 4.06. The molecule has 0 bridgehead atoms. The standard InChI is InChI=1S/C27H28F2N4O2/c1-2-17-4-3-5-18(8-17)14-30-15-26(34)25(11-19-9-21(28)13-22(29)10-19)33-27(35)20-6-7-23-24(12-20)32-16-31-23/h3-10,12-13,16,25-26,30,34H,2,11,14-15H2,1H3,(H,31,32)(H,33,35)/t25-,26-/m0/s1. The Kier molecular flexibility index (Phi) is 7.84. The highest BCUT2D eigenvalue weighted by molar-refractivity contribution is 5.97. The Labute approximate surface area is 202 Å². The lowest BCUT2D eigenvalue weighted by Crippen LogP contribution is -2.48. The average molecular weight is 479 g/mol. The maximum atomic E-state index is 13.8. The molecular weight excluding hydrogens is 450 g/mol. The van der Waals surface area contributed by atoms with E-state index in [1.54, 1.807) is 24.5 Å². The lowest BCUT2D eigenvalue weighted by molar-refractivity contribution is 0.0830. The normalized spacial score (nSPS) is 13.0. The zero-order valence-electron chi connectivity index (χ0n) is 19.4. The number of rotatable bonds is 10. The number of H-pyrrole nitrogens is 1. The molecule has 182 valence electrons. The number of imidazole rings is 1. The number of aryl methyl sites for hydroxylation is 1. The summed E-state index contributed by atoms with van der Waals surface area (Å²) in [4.78, 5) is 20.1. The summed E-state index contributed by atoms with van der Waals surface area (Å²) in [5, 5.41) is 17.0. The maximum absolute atomic E-state index is 13.8. The molecule has 0 aliphatic rings. The summed E-state index contributed by atoms with van der Waals surface area (Å²) in [6.07, 6.45) is 1.52. The Morgan fingerprint density at radius 1 is 1.03 bits per heavy atom. The minimum atomic E-state index is -1.01. The van der Waals surface area contributed by atoms with Crippen molar-refractivity contribution in [2.75, 3.05) is 6.54 Å². The van der Waals surface area contributed by atoms with Crippen LogP contribution in [0.3, 0.4) is 0 Å². The first-order valence-corrected chi connectivity index (χ1v) is 11.6. The smallest absolute Gasteiger partial charge is 0.251 e. The van der Waals surface area contributed by atoms with E-state index in [9.17, 15) is 18.7 Å². The lowest BCUT2D eigenvalue weighted by atomic mass is 10.00. The first-order chi connectivity index (χ1) is 16.9. The summed E-state index contributed by atoms with van der Waals surface area (Å²) in [7, 11) is 0. The molecule has 0 fully saturated rings. The number of amides is 1. The van der Waals surface area contributed by atoms with Crippen LogP contribution in [-0.2, 0) is 19.4 Å². The number of benzene rings is 3. The molecule has 4 aromatic rings. The van der Waals surface area contributed by atoms with Crippen LogP contribution in [0, 0.1) is 11.6 Å². The van der Waals surface area contributed by atoms with Gasteiger partial charge in [0.1, 0.15) is 11.6 Å². The maximum Gasteiger partial charge on any atom is 0.251 e. The van der Waals surface area contributed by atoms with Gasteiger partial charge in [0.25, 0.3) is 5.91 Å². The van der Waals surface area contributed by atoms with Crippen LogP contribution in [-0.4, -0.2) is 39.7 Å². The van der Waals surface area contributed by atoms with E-state index in [4.69, 9.17) is 0 Å². The van der Waals surface area contributed by atoms with Crippen LogP contribution in [0.2, 0.25) is 0 Å². The molecule has 4 N–H and O–H groups in total. The molecule has 1 aromatic heterocycles. The van der Waals surface area contributed by atoms with Gasteiger partial charge in [0.2, 0.25) is 0 Å². The number of fused-ring (bicyclic) bond motifs is 1. The summed E-state index contributed by atoms with van der Waals surface area (Å²) < 4.78 is 27.5. The molecule has 0 saturated heterocycles. The van der Waals surface area contributed by atoms with Crippen LogP contribution >= 0.6 is 0 Å². The van der Waals surface area contributed by atoms with Crippen LogP contribution in [0.5, 0.6) is 0 Å². The predicted octanol–water partition coefficient (Wildman–Crippen LogP) is 3.90. The van der Waals surface area contributed by atoms with Gasteiger partial charge in [-0.15, -0.1) is 0 Å². The second kappa shape index (κ2) is 11.2. The number of hydrogen-bond acceptors (Lipinski definition) is 4. The van der Waals surface area contributed by atoms with Gasteiger partial charge in [-0.1, -0.05) is 31.2 Å². The average Bonchev–Trinajstić information content (AvgIpc) is 3.31. The van der Waals surface area contributed by atoms with Gasteiger partial charge in [-0.3, -0.25) is 4.79 Å². The Morgan fingerprint density at radius 3 is 2.57 bits per heavy atom. The number of nitrogens with zero attached hydrogens (tertiary/aromatic N) is 1. The van der Waals surface area contributed by atoms with Crippen molar-refractivity contribution in [2.24, 2.45) is 0 Å².